The summed E-state index contributed by atoms with van der Waals surface area (Å²) in [5, 5.41) is 0. The summed E-state index contributed by atoms with van der Waals surface area (Å²) >= 11 is 0. The van der Waals surface area contributed by atoms with E-state index in [9.17, 15) is 0 Å². The van der Waals surface area contributed by atoms with Crippen LogP contribution in [0.4, 0.5) is 0 Å². The zero-order valence-corrected chi connectivity index (χ0v) is 8.15. The quantitative estimate of drug-likeness (QED) is 0.536. The van der Waals surface area contributed by atoms with E-state index >= 15 is 0 Å². The van der Waals surface area contributed by atoms with E-state index in [0.717, 1.165) is 41.4 Å². The van der Waals surface area contributed by atoms with Crippen LogP contribution in [-0.4, -0.2) is 0 Å². The van der Waals surface area contributed by atoms with Gasteiger partial charge < -0.3 is 0 Å². The van der Waals surface area contributed by atoms with E-state index in [1.54, 1.807) is 25.7 Å². The van der Waals surface area contributed by atoms with Crippen molar-refractivity contribution in [1.82, 2.24) is 0 Å². The third kappa shape index (κ3) is 0.639. The molecule has 0 aromatic heterocycles. The fraction of sp³-hybridized carbons (Fsp3) is 0.846. The van der Waals surface area contributed by atoms with Gasteiger partial charge in [-0.1, -0.05) is 12.5 Å². The Kier molecular flexibility index (Phi) is 1.11. The molecule has 0 N–H and O–H groups in total. The van der Waals surface area contributed by atoms with E-state index in [-0.39, 0.29) is 0 Å². The Morgan fingerprint density at radius 2 is 1.54 bits per heavy atom. The Balaban J connectivity index is 1.70. The minimum atomic E-state index is 0.953. The molecule has 4 rings (SSSR count). The van der Waals surface area contributed by atoms with Crippen LogP contribution in [0.3, 0.4) is 0 Å². The maximum Gasteiger partial charge on any atom is -0.0168 e. The summed E-state index contributed by atoms with van der Waals surface area (Å²) in [5.74, 6) is 7.79. The van der Waals surface area contributed by atoms with Crippen molar-refractivity contribution in [2.45, 2.75) is 25.7 Å². The molecule has 0 nitrogen and oxygen atoms in total. The van der Waals surface area contributed by atoms with Gasteiger partial charge in [-0.2, -0.15) is 0 Å². The van der Waals surface area contributed by atoms with Crippen molar-refractivity contribution in [2.24, 2.45) is 41.4 Å². The Morgan fingerprint density at radius 3 is 2.08 bits per heavy atom. The molecule has 0 heterocycles. The zero-order chi connectivity index (χ0) is 8.58. The summed E-state index contributed by atoms with van der Waals surface area (Å²) in [6, 6.07) is 0. The van der Waals surface area contributed by atoms with Gasteiger partial charge in [-0.05, 0) is 60.7 Å². The number of rotatable bonds is 1. The van der Waals surface area contributed by atoms with Gasteiger partial charge in [0.15, 0.2) is 0 Å². The second-order valence-electron chi connectivity index (χ2n) is 5.79. The second-order valence-corrected chi connectivity index (χ2v) is 5.79. The first-order valence-electron chi connectivity index (χ1n) is 6.04. The van der Waals surface area contributed by atoms with Crippen molar-refractivity contribution < 1.29 is 0 Å². The number of allylic oxidation sites excluding steroid dienone is 1. The molecule has 4 saturated carbocycles. The van der Waals surface area contributed by atoms with Crippen molar-refractivity contribution in [3.05, 3.63) is 12.7 Å². The molecule has 4 fully saturated rings. The predicted octanol–water partition coefficient (Wildman–Crippen LogP) is 3.10. The molecular formula is C13H18. The molecule has 0 saturated heterocycles. The highest BCUT2D eigenvalue weighted by molar-refractivity contribution is 5.21. The first-order chi connectivity index (χ1) is 6.42. The monoisotopic (exact) mass is 174 g/mol. The third-order valence-corrected chi connectivity index (χ3v) is 5.72. The summed E-state index contributed by atoms with van der Waals surface area (Å²) in [7, 11) is 0. The van der Waals surface area contributed by atoms with Crippen LogP contribution in [-0.2, 0) is 0 Å². The van der Waals surface area contributed by atoms with Crippen LogP contribution in [0.15, 0.2) is 12.7 Å². The smallest absolute Gasteiger partial charge is 0.0168 e. The fourth-order valence-corrected chi connectivity index (χ4v) is 5.47. The number of fused-ring (bicyclic) bond motifs is 8. The van der Waals surface area contributed by atoms with Crippen LogP contribution < -0.4 is 0 Å². The van der Waals surface area contributed by atoms with E-state index in [4.69, 9.17) is 0 Å². The molecule has 2 bridgehead atoms. The van der Waals surface area contributed by atoms with E-state index in [1.165, 1.54) is 0 Å². The molecule has 0 heteroatoms. The van der Waals surface area contributed by atoms with Crippen molar-refractivity contribution in [1.29, 1.82) is 0 Å². The van der Waals surface area contributed by atoms with Gasteiger partial charge >= 0.3 is 0 Å². The molecular weight excluding hydrogens is 156 g/mol. The summed E-state index contributed by atoms with van der Waals surface area (Å²) in [4.78, 5) is 0. The molecule has 0 aromatic rings. The lowest BCUT2D eigenvalue weighted by Crippen LogP contribution is -2.18. The lowest BCUT2D eigenvalue weighted by Gasteiger charge is -2.23. The minimum absolute atomic E-state index is 0.953. The molecule has 1 unspecified atom stereocenters. The van der Waals surface area contributed by atoms with Crippen LogP contribution in [0.25, 0.3) is 0 Å². The maximum atomic E-state index is 4.00. The molecule has 70 valence electrons. The summed E-state index contributed by atoms with van der Waals surface area (Å²) in [5.41, 5.74) is 0. The highest BCUT2D eigenvalue weighted by Gasteiger charge is 2.69. The molecule has 0 radical (unpaired) electrons. The Labute approximate surface area is 80.4 Å². The van der Waals surface area contributed by atoms with Gasteiger partial charge in [0, 0.05) is 0 Å². The molecule has 0 amide bonds. The van der Waals surface area contributed by atoms with E-state index in [0.29, 0.717) is 0 Å². The fourth-order valence-electron chi connectivity index (χ4n) is 5.47. The zero-order valence-electron chi connectivity index (χ0n) is 8.15. The van der Waals surface area contributed by atoms with E-state index < -0.39 is 0 Å². The lowest BCUT2D eigenvalue weighted by atomic mass is 9.82. The number of hydrogen-bond donors (Lipinski definition) is 0. The van der Waals surface area contributed by atoms with Gasteiger partial charge in [0.05, 0.1) is 0 Å². The van der Waals surface area contributed by atoms with Gasteiger partial charge in [-0.15, -0.1) is 6.58 Å². The predicted molar refractivity (Wildman–Crippen MR) is 53.1 cm³/mol. The molecule has 0 aliphatic heterocycles. The summed E-state index contributed by atoms with van der Waals surface area (Å²) in [6.07, 6.45) is 8.54. The van der Waals surface area contributed by atoms with Crippen molar-refractivity contribution in [3.8, 4) is 0 Å². The van der Waals surface area contributed by atoms with Gasteiger partial charge in [0.2, 0.25) is 0 Å². The second kappa shape index (κ2) is 2.04. The van der Waals surface area contributed by atoms with Crippen LogP contribution in [0.1, 0.15) is 25.7 Å². The minimum Gasteiger partial charge on any atom is -0.103 e. The van der Waals surface area contributed by atoms with Crippen molar-refractivity contribution in [3.63, 3.8) is 0 Å². The normalized spacial score (nSPS) is 66.3. The highest BCUT2D eigenvalue weighted by atomic mass is 14.7. The van der Waals surface area contributed by atoms with Crippen molar-refractivity contribution >= 4 is 0 Å². The molecule has 4 aliphatic carbocycles. The summed E-state index contributed by atoms with van der Waals surface area (Å²) < 4.78 is 0. The molecule has 0 spiro atoms. The highest BCUT2D eigenvalue weighted by Crippen LogP contribution is 2.75. The molecule has 13 heavy (non-hydrogen) atoms. The SMILES string of the molecule is C=CC1[C@@H]2[C@@H]3C[C@@H]([C@@H]4CCC[C@@H]43)[C@H]12. The average molecular weight is 174 g/mol. The Bertz CT molecular complexity index is 245. The first kappa shape index (κ1) is 7.09. The van der Waals surface area contributed by atoms with Crippen LogP contribution in [0.2, 0.25) is 0 Å². The van der Waals surface area contributed by atoms with E-state index in [1.807, 2.05) is 0 Å². The average Bonchev–Trinajstić information content (AvgIpc) is 2.57. The maximum absolute atomic E-state index is 4.00. The lowest BCUT2D eigenvalue weighted by molar-refractivity contribution is 0.247. The van der Waals surface area contributed by atoms with E-state index in [2.05, 4.69) is 12.7 Å². The van der Waals surface area contributed by atoms with Crippen LogP contribution >= 0.6 is 0 Å². The molecule has 7 atom stereocenters. The van der Waals surface area contributed by atoms with Crippen LogP contribution in [0, 0.1) is 41.4 Å². The van der Waals surface area contributed by atoms with Gasteiger partial charge in [-0.3, -0.25) is 0 Å². The summed E-state index contributed by atoms with van der Waals surface area (Å²) in [6.45, 7) is 4.00. The number of hydrogen-bond acceptors (Lipinski definition) is 0. The topological polar surface area (TPSA) is 0 Å². The van der Waals surface area contributed by atoms with Crippen molar-refractivity contribution in [2.75, 3.05) is 0 Å². The van der Waals surface area contributed by atoms with Crippen LogP contribution in [0.5, 0.6) is 0 Å². The first-order valence-corrected chi connectivity index (χ1v) is 6.04. The molecule has 4 aliphatic rings. The van der Waals surface area contributed by atoms with Gasteiger partial charge in [0.25, 0.3) is 0 Å². The standard InChI is InChI=1S/C13H18/c1-2-7-12-10-6-11(13(7)12)9-5-3-4-8(9)10/h2,7-13H,1,3-6H2/t7?,8-,9+,10+,11-,12+,13-. The Morgan fingerprint density at radius 1 is 0.923 bits per heavy atom. The molecule has 0 aromatic carbocycles. The Hall–Kier alpha value is -0.260. The third-order valence-electron chi connectivity index (χ3n) is 5.72. The van der Waals surface area contributed by atoms with Gasteiger partial charge in [-0.25, -0.2) is 0 Å². The largest absolute Gasteiger partial charge is 0.103 e. The van der Waals surface area contributed by atoms with Gasteiger partial charge in [0.1, 0.15) is 0 Å².